The van der Waals surface area contributed by atoms with Gasteiger partial charge in [-0.1, -0.05) is 6.92 Å². The average molecular weight is 393 g/mol. The molecule has 0 saturated heterocycles. The van der Waals surface area contributed by atoms with Crippen LogP contribution in [0.15, 0.2) is 47.5 Å². The van der Waals surface area contributed by atoms with Gasteiger partial charge in [-0.25, -0.2) is 9.98 Å². The molecule has 0 aromatic carbocycles. The monoisotopic (exact) mass is 393 g/mol. The van der Waals surface area contributed by atoms with Crippen LogP contribution in [0.2, 0.25) is 0 Å². The number of carbonyl (C=O) groups excluding carboxylic acids is 1. The van der Waals surface area contributed by atoms with Gasteiger partial charge in [-0.2, -0.15) is 0 Å². The number of pyridine rings is 2. The number of anilines is 3. The molecule has 0 aliphatic heterocycles. The van der Waals surface area contributed by atoms with E-state index in [0.29, 0.717) is 28.6 Å². The van der Waals surface area contributed by atoms with Crippen LogP contribution in [0.4, 0.5) is 17.2 Å². The third kappa shape index (κ3) is 6.24. The van der Waals surface area contributed by atoms with Crippen LogP contribution in [0.1, 0.15) is 43.7 Å². The van der Waals surface area contributed by atoms with Gasteiger partial charge in [0.2, 0.25) is 0 Å². The summed E-state index contributed by atoms with van der Waals surface area (Å²) >= 11 is 0. The summed E-state index contributed by atoms with van der Waals surface area (Å²) in [6.07, 6.45) is 5.61. The Labute approximate surface area is 171 Å². The van der Waals surface area contributed by atoms with E-state index in [9.17, 15) is 4.79 Å². The second-order valence-electron chi connectivity index (χ2n) is 6.57. The van der Waals surface area contributed by atoms with Gasteiger partial charge in [-0.05, 0) is 39.3 Å². The number of carbonyl (C=O) groups is 1. The molecule has 0 bridgehead atoms. The molecule has 1 amide bonds. The maximum absolute atomic E-state index is 12.3. The van der Waals surface area contributed by atoms with E-state index in [2.05, 4.69) is 30.9 Å². The van der Waals surface area contributed by atoms with Crippen LogP contribution in [0.3, 0.4) is 0 Å². The van der Waals surface area contributed by atoms with E-state index in [1.165, 1.54) is 6.20 Å². The van der Waals surface area contributed by atoms with Gasteiger partial charge in [-0.3, -0.25) is 9.78 Å². The third-order valence-corrected chi connectivity index (χ3v) is 3.82. The molecule has 2 rings (SSSR count). The zero-order valence-electron chi connectivity index (χ0n) is 17.4. The molecule has 8 nitrogen and oxygen atoms in total. The molecule has 0 saturated carbocycles. The molecule has 152 valence electrons. The van der Waals surface area contributed by atoms with Crippen molar-refractivity contribution < 1.29 is 4.79 Å². The minimum atomic E-state index is -0.248. The number of aryl methyl sites for hydroxylation is 1. The van der Waals surface area contributed by atoms with Gasteiger partial charge >= 0.3 is 0 Å². The summed E-state index contributed by atoms with van der Waals surface area (Å²) in [5.74, 6) is 0.751. The van der Waals surface area contributed by atoms with E-state index in [1.807, 2.05) is 32.9 Å². The first-order valence-electron chi connectivity index (χ1n) is 9.32. The molecule has 0 spiro atoms. The lowest BCUT2D eigenvalue weighted by atomic mass is 10.2. The molecule has 2 aromatic heterocycles. The fourth-order valence-corrected chi connectivity index (χ4v) is 2.59. The molecule has 0 unspecified atom stereocenters. The molecule has 0 aliphatic rings. The number of aromatic nitrogens is 2. The van der Waals surface area contributed by atoms with Crippen LogP contribution in [0.5, 0.6) is 0 Å². The highest BCUT2D eigenvalue weighted by Gasteiger charge is 2.14. The number of nitrogens with zero attached hydrogens (tertiary/aromatic N) is 3. The highest BCUT2D eigenvalue weighted by molar-refractivity contribution is 6.00. The van der Waals surface area contributed by atoms with E-state index < -0.39 is 0 Å². The Kier molecular flexibility index (Phi) is 7.59. The third-order valence-electron chi connectivity index (χ3n) is 3.82. The zero-order valence-corrected chi connectivity index (χ0v) is 17.4. The molecule has 0 atom stereocenters. The highest BCUT2D eigenvalue weighted by Crippen LogP contribution is 2.25. The molecule has 2 aromatic rings. The van der Waals surface area contributed by atoms with Gasteiger partial charge in [0.15, 0.2) is 0 Å². The summed E-state index contributed by atoms with van der Waals surface area (Å²) in [5.41, 5.74) is 3.92. The number of hydrogen-bond acceptors (Lipinski definition) is 7. The van der Waals surface area contributed by atoms with Gasteiger partial charge < -0.3 is 21.4 Å². The first kappa shape index (κ1) is 21.7. The second-order valence-corrected chi connectivity index (χ2v) is 6.57. The van der Waals surface area contributed by atoms with Gasteiger partial charge in [-0.15, -0.1) is 0 Å². The maximum Gasteiger partial charge on any atom is 0.254 e. The molecule has 29 heavy (non-hydrogen) atoms. The molecule has 0 radical (unpaired) electrons. The van der Waals surface area contributed by atoms with Crippen molar-refractivity contribution in [2.75, 3.05) is 17.7 Å². The van der Waals surface area contributed by atoms with Crippen molar-refractivity contribution in [1.29, 1.82) is 5.41 Å². The number of rotatable bonds is 8. The number of amides is 1. The lowest BCUT2D eigenvalue weighted by Gasteiger charge is -2.15. The van der Waals surface area contributed by atoms with Crippen LogP contribution in [0, 0.1) is 5.41 Å². The molecule has 0 aliphatic carbocycles. The number of hydrogen-bond donors (Lipinski definition) is 4. The summed E-state index contributed by atoms with van der Waals surface area (Å²) in [7, 11) is 1.58. The Morgan fingerprint density at radius 3 is 2.62 bits per heavy atom. The SMILES string of the molecule is CCc1ncccc1Nc1cc(N/C(=C/C(C)=N)N=C(C)C)ncc1C(=O)NC. The summed E-state index contributed by atoms with van der Waals surface area (Å²) in [6.45, 7) is 7.44. The lowest BCUT2D eigenvalue weighted by molar-refractivity contribution is 0.0963. The van der Waals surface area contributed by atoms with Gasteiger partial charge in [0.1, 0.15) is 11.6 Å². The molecule has 2 heterocycles. The fraction of sp³-hybridized carbons (Fsp3) is 0.286. The van der Waals surface area contributed by atoms with E-state index in [1.54, 1.807) is 32.3 Å². The number of allylic oxidation sites excluding steroid dienone is 1. The second kappa shape index (κ2) is 10.1. The van der Waals surface area contributed by atoms with E-state index in [0.717, 1.165) is 23.5 Å². The van der Waals surface area contributed by atoms with Crippen molar-refractivity contribution in [3.05, 3.63) is 53.7 Å². The Hall–Kier alpha value is -3.55. The standard InChI is InChI=1S/C21H27N7O/c1-6-16-17(8-7-9-24-16)27-18-11-19(25-12-15(18)21(29)23-5)28-20(10-14(4)22)26-13(2)3/h7-12,22H,6H2,1-5H3,(H,23,29)(H2,25,27,28)/b20-10+,22-14?. The topological polar surface area (TPSA) is 115 Å². The molecular weight excluding hydrogens is 366 g/mol. The normalized spacial score (nSPS) is 10.9. The Balaban J connectivity index is 2.46. The first-order valence-corrected chi connectivity index (χ1v) is 9.32. The predicted molar refractivity (Wildman–Crippen MR) is 118 cm³/mol. The molecular formula is C21H27N7O. The van der Waals surface area contributed by atoms with Crippen molar-refractivity contribution in [3.8, 4) is 0 Å². The molecule has 4 N–H and O–H groups in total. The fourth-order valence-electron chi connectivity index (χ4n) is 2.59. The van der Waals surface area contributed by atoms with Crippen molar-refractivity contribution in [2.45, 2.75) is 34.1 Å². The largest absolute Gasteiger partial charge is 0.355 e. The zero-order chi connectivity index (χ0) is 21.4. The van der Waals surface area contributed by atoms with Crippen LogP contribution in [0.25, 0.3) is 0 Å². The Bertz CT molecular complexity index is 959. The minimum Gasteiger partial charge on any atom is -0.355 e. The van der Waals surface area contributed by atoms with E-state index in [-0.39, 0.29) is 5.91 Å². The average Bonchev–Trinajstić information content (AvgIpc) is 2.67. The first-order chi connectivity index (χ1) is 13.8. The summed E-state index contributed by atoms with van der Waals surface area (Å²) in [4.78, 5) is 25.4. The summed E-state index contributed by atoms with van der Waals surface area (Å²) in [5, 5.41) is 16.8. The van der Waals surface area contributed by atoms with Crippen molar-refractivity contribution >= 4 is 34.5 Å². The summed E-state index contributed by atoms with van der Waals surface area (Å²) < 4.78 is 0. The van der Waals surface area contributed by atoms with Gasteiger partial charge in [0.05, 0.1) is 22.6 Å². The number of aliphatic imine (C=N–C) groups is 1. The quantitative estimate of drug-likeness (QED) is 0.508. The van der Waals surface area contributed by atoms with Crippen LogP contribution >= 0.6 is 0 Å². The van der Waals surface area contributed by atoms with Crippen molar-refractivity contribution in [1.82, 2.24) is 15.3 Å². The lowest BCUT2D eigenvalue weighted by Crippen LogP contribution is -2.20. The van der Waals surface area contributed by atoms with Crippen LogP contribution in [-0.2, 0) is 6.42 Å². The van der Waals surface area contributed by atoms with Gasteiger partial charge in [0, 0.05) is 43.0 Å². The summed E-state index contributed by atoms with van der Waals surface area (Å²) in [6, 6.07) is 5.50. The van der Waals surface area contributed by atoms with Crippen LogP contribution < -0.4 is 16.0 Å². The Morgan fingerprint density at radius 2 is 2.00 bits per heavy atom. The predicted octanol–water partition coefficient (Wildman–Crippen LogP) is 3.92. The van der Waals surface area contributed by atoms with Crippen molar-refractivity contribution in [2.24, 2.45) is 4.99 Å². The van der Waals surface area contributed by atoms with E-state index in [4.69, 9.17) is 5.41 Å². The Morgan fingerprint density at radius 1 is 1.24 bits per heavy atom. The van der Waals surface area contributed by atoms with E-state index >= 15 is 0 Å². The maximum atomic E-state index is 12.3. The van der Waals surface area contributed by atoms with Crippen molar-refractivity contribution in [3.63, 3.8) is 0 Å². The minimum absolute atomic E-state index is 0.248. The number of nitrogens with one attached hydrogen (secondary N) is 4. The smallest absolute Gasteiger partial charge is 0.254 e. The molecule has 8 heteroatoms. The molecule has 0 fully saturated rings. The highest BCUT2D eigenvalue weighted by atomic mass is 16.1. The van der Waals surface area contributed by atoms with Crippen LogP contribution in [-0.4, -0.2) is 34.3 Å². The van der Waals surface area contributed by atoms with Gasteiger partial charge in [0.25, 0.3) is 5.91 Å².